The van der Waals surface area contributed by atoms with Gasteiger partial charge in [-0.25, -0.2) is 0 Å². The fraction of sp³-hybridized carbons (Fsp3) is 0.0952. The minimum absolute atomic E-state index is 0.213. The fourth-order valence-corrected chi connectivity index (χ4v) is 2.80. The van der Waals surface area contributed by atoms with Crippen molar-refractivity contribution in [3.63, 3.8) is 0 Å². The number of carbonyl (C=O) groups excluding carboxylic acids is 2. The molecular weight excluding hydrogens is 314 g/mol. The molecule has 2 aromatic rings. The maximum Gasteiger partial charge on any atom is 0.304 e. The third-order valence-electron chi connectivity index (χ3n) is 3.86. The van der Waals surface area contributed by atoms with Gasteiger partial charge in [0.15, 0.2) is 5.78 Å². The molecule has 0 atom stereocenters. The van der Waals surface area contributed by atoms with Crippen molar-refractivity contribution in [2.24, 2.45) is 0 Å². The number of Topliss-reactive ketones (excluding diaryl/α,β-unsaturated/α-hetero) is 1. The second kappa shape index (κ2) is 6.58. The van der Waals surface area contributed by atoms with Gasteiger partial charge in [-0.3, -0.25) is 9.59 Å². The Morgan fingerprint density at radius 2 is 1.36 bits per heavy atom. The maximum absolute atomic E-state index is 13.0. The van der Waals surface area contributed by atoms with Crippen LogP contribution in [-0.4, -0.2) is 17.4 Å². The summed E-state index contributed by atoms with van der Waals surface area (Å²) in [4.78, 5) is 24.6. The molecule has 0 bridgehead atoms. The Morgan fingerprint density at radius 3 is 1.72 bits per heavy atom. The zero-order valence-electron chi connectivity index (χ0n) is 13.6. The summed E-state index contributed by atoms with van der Waals surface area (Å²) in [6, 6.07) is 20.1. The first-order chi connectivity index (χ1) is 12.0. The van der Waals surface area contributed by atoms with Crippen LogP contribution in [0.15, 0.2) is 72.8 Å². The third-order valence-corrected chi connectivity index (χ3v) is 3.86. The van der Waals surface area contributed by atoms with E-state index in [4.69, 9.17) is 4.74 Å². The minimum atomic E-state index is -1.61. The van der Waals surface area contributed by atoms with Crippen molar-refractivity contribution in [3.05, 3.63) is 83.9 Å². The average molecular weight is 329 g/mol. The van der Waals surface area contributed by atoms with Gasteiger partial charge in [-0.05, 0) is 23.3 Å². The van der Waals surface area contributed by atoms with Gasteiger partial charge in [0.2, 0.25) is 5.60 Å². The first-order valence-corrected chi connectivity index (χ1v) is 7.77. The topological polar surface area (TPSA) is 67.2 Å². The lowest BCUT2D eigenvalue weighted by Gasteiger charge is -2.26. The predicted molar refractivity (Wildman–Crippen MR) is 94.0 cm³/mol. The van der Waals surface area contributed by atoms with E-state index in [1.54, 1.807) is 24.3 Å². The summed E-state index contributed by atoms with van der Waals surface area (Å²) >= 11 is 0. The molecule has 2 aromatic carbocycles. The van der Waals surface area contributed by atoms with E-state index in [-0.39, 0.29) is 5.78 Å². The van der Waals surface area contributed by atoms with Crippen LogP contribution in [0, 0.1) is 11.3 Å². The normalized spacial score (nSPS) is 15.6. The Kier molecular flexibility index (Phi) is 4.32. The minimum Gasteiger partial charge on any atom is -0.436 e. The molecule has 1 aliphatic rings. The molecule has 122 valence electrons. The average Bonchev–Trinajstić information content (AvgIpc) is 2.64. The van der Waals surface area contributed by atoms with Crippen LogP contribution in [-0.2, 0) is 14.3 Å². The van der Waals surface area contributed by atoms with Crippen molar-refractivity contribution in [2.45, 2.75) is 12.5 Å². The molecule has 0 saturated heterocycles. The van der Waals surface area contributed by atoms with E-state index in [9.17, 15) is 14.9 Å². The van der Waals surface area contributed by atoms with Gasteiger partial charge in [-0.2, -0.15) is 5.26 Å². The summed E-state index contributed by atoms with van der Waals surface area (Å²) in [5.41, 5.74) is 0.395. The Morgan fingerprint density at radius 1 is 0.920 bits per heavy atom. The van der Waals surface area contributed by atoms with Gasteiger partial charge in [-0.1, -0.05) is 60.7 Å². The van der Waals surface area contributed by atoms with Crippen molar-refractivity contribution < 1.29 is 14.3 Å². The first-order valence-electron chi connectivity index (χ1n) is 7.77. The number of nitrogens with zero attached hydrogens (tertiary/aromatic N) is 1. The summed E-state index contributed by atoms with van der Waals surface area (Å²) in [5, 5.41) is 9.68. The highest BCUT2D eigenvalue weighted by Crippen LogP contribution is 2.35. The molecule has 0 N–H and O–H groups in total. The number of rotatable bonds is 3. The molecular formula is C21H15NO3. The van der Waals surface area contributed by atoms with Crippen LogP contribution in [0.2, 0.25) is 0 Å². The maximum atomic E-state index is 13.0. The second-order valence-electron chi connectivity index (χ2n) is 5.68. The van der Waals surface area contributed by atoms with Crippen LogP contribution in [0.1, 0.15) is 18.1 Å². The molecule has 3 rings (SSSR count). The highest BCUT2D eigenvalue weighted by Gasteiger charge is 2.37. The number of allylic oxidation sites excluding steroid dienone is 2. The standard InChI is InChI=1S/C21H15NO3/c1-15(23)25-21(14-22)12-18(16-8-4-2-5-9-16)20(24)19(13-21)17-10-6-3-7-11-17/h2-13H,1H3. The molecule has 0 saturated carbocycles. The van der Waals surface area contributed by atoms with Crippen molar-refractivity contribution in [1.29, 1.82) is 5.26 Å². The number of benzene rings is 2. The molecule has 4 heteroatoms. The van der Waals surface area contributed by atoms with Gasteiger partial charge in [0, 0.05) is 18.1 Å². The van der Waals surface area contributed by atoms with Crippen molar-refractivity contribution in [1.82, 2.24) is 0 Å². The van der Waals surface area contributed by atoms with Crippen molar-refractivity contribution in [3.8, 4) is 6.07 Å². The SMILES string of the molecule is CC(=O)OC1(C#N)C=C(c2ccccc2)C(=O)C(c2ccccc2)=C1. The van der Waals surface area contributed by atoms with Crippen molar-refractivity contribution in [2.75, 3.05) is 0 Å². The van der Waals surface area contributed by atoms with Crippen molar-refractivity contribution >= 4 is 22.9 Å². The molecule has 1 aliphatic carbocycles. The fourth-order valence-electron chi connectivity index (χ4n) is 2.80. The lowest BCUT2D eigenvalue weighted by atomic mass is 9.82. The third kappa shape index (κ3) is 3.26. The lowest BCUT2D eigenvalue weighted by molar-refractivity contribution is -0.145. The highest BCUT2D eigenvalue weighted by molar-refractivity contribution is 6.43. The van der Waals surface area contributed by atoms with E-state index in [0.29, 0.717) is 22.3 Å². The number of ketones is 1. The molecule has 0 heterocycles. The van der Waals surface area contributed by atoms with Crippen LogP contribution in [0.3, 0.4) is 0 Å². The molecule has 0 fully saturated rings. The van der Waals surface area contributed by atoms with Crippen LogP contribution >= 0.6 is 0 Å². The number of ether oxygens (including phenoxy) is 1. The molecule has 4 nitrogen and oxygen atoms in total. The summed E-state index contributed by atoms with van der Waals surface area (Å²) in [7, 11) is 0. The zero-order chi connectivity index (χ0) is 17.9. The van der Waals surface area contributed by atoms with Gasteiger partial charge in [0.05, 0.1) is 0 Å². The van der Waals surface area contributed by atoms with Gasteiger partial charge in [0.1, 0.15) is 6.07 Å². The monoisotopic (exact) mass is 329 g/mol. The lowest BCUT2D eigenvalue weighted by Crippen LogP contribution is -2.33. The summed E-state index contributed by atoms with van der Waals surface area (Å²) in [6.07, 6.45) is 2.83. The number of esters is 1. The van der Waals surface area contributed by atoms with E-state index in [0.717, 1.165) is 0 Å². The Bertz CT molecular complexity index is 859. The largest absolute Gasteiger partial charge is 0.436 e. The van der Waals surface area contributed by atoms with Gasteiger partial charge < -0.3 is 4.74 Å². The summed E-state index contributed by atoms with van der Waals surface area (Å²) < 4.78 is 5.27. The Balaban J connectivity index is 2.20. The summed E-state index contributed by atoms with van der Waals surface area (Å²) in [6.45, 7) is 1.24. The van der Waals surface area contributed by atoms with Crippen LogP contribution in [0.5, 0.6) is 0 Å². The van der Waals surface area contributed by atoms with Gasteiger partial charge in [-0.15, -0.1) is 0 Å². The van der Waals surface area contributed by atoms with E-state index >= 15 is 0 Å². The first kappa shape index (κ1) is 16.4. The molecule has 25 heavy (non-hydrogen) atoms. The molecule has 0 aromatic heterocycles. The molecule has 0 amide bonds. The summed E-state index contributed by atoms with van der Waals surface area (Å²) in [5.74, 6) is -0.807. The molecule has 0 aliphatic heterocycles. The second-order valence-corrected chi connectivity index (χ2v) is 5.68. The van der Waals surface area contributed by atoms with Gasteiger partial charge >= 0.3 is 5.97 Å². The number of nitriles is 1. The molecule has 0 unspecified atom stereocenters. The Hall–Kier alpha value is -3.45. The van der Waals surface area contributed by atoms with E-state index in [1.807, 2.05) is 42.5 Å². The number of hydrogen-bond donors (Lipinski definition) is 0. The number of hydrogen-bond acceptors (Lipinski definition) is 4. The van der Waals surface area contributed by atoms with E-state index in [2.05, 4.69) is 0 Å². The van der Waals surface area contributed by atoms with Crippen LogP contribution in [0.4, 0.5) is 0 Å². The van der Waals surface area contributed by atoms with Gasteiger partial charge in [0.25, 0.3) is 0 Å². The van der Waals surface area contributed by atoms with E-state index in [1.165, 1.54) is 19.1 Å². The van der Waals surface area contributed by atoms with E-state index < -0.39 is 11.6 Å². The quantitative estimate of drug-likeness (QED) is 0.808. The Labute approximate surface area is 145 Å². The highest BCUT2D eigenvalue weighted by atomic mass is 16.6. The number of carbonyl (C=O) groups is 2. The predicted octanol–water partition coefficient (Wildman–Crippen LogP) is 3.56. The van der Waals surface area contributed by atoms with Crippen LogP contribution in [0.25, 0.3) is 11.1 Å². The molecule has 0 spiro atoms. The zero-order valence-corrected chi connectivity index (χ0v) is 13.6. The smallest absolute Gasteiger partial charge is 0.304 e. The van der Waals surface area contributed by atoms with Crippen LogP contribution < -0.4 is 0 Å². The molecule has 0 radical (unpaired) electrons.